The number of rotatable bonds is 4. The number of carbonyl (C=O) groups is 1. The molecule has 7 heteroatoms. The van der Waals surface area contributed by atoms with Crippen LogP contribution in [0, 0.1) is 0 Å². The normalized spacial score (nSPS) is 14.6. The van der Waals surface area contributed by atoms with E-state index in [1.807, 2.05) is 13.8 Å². The molecule has 0 saturated carbocycles. The number of hydrogen-bond donors (Lipinski definition) is 0. The Morgan fingerprint density at radius 3 is 2.44 bits per heavy atom. The van der Waals surface area contributed by atoms with Gasteiger partial charge in [-0.1, -0.05) is 11.6 Å². The van der Waals surface area contributed by atoms with Gasteiger partial charge in [-0.15, -0.1) is 0 Å². The van der Waals surface area contributed by atoms with Crippen LogP contribution in [0.5, 0.6) is 5.75 Å². The topological polar surface area (TPSA) is 63.7 Å². The maximum Gasteiger partial charge on any atom is 0.264 e. The smallest absolute Gasteiger partial charge is 0.264 e. The summed E-state index contributed by atoms with van der Waals surface area (Å²) in [5, 5.41) is 0.404. The molecule has 5 nitrogen and oxygen atoms in total. The molecule has 2 aromatic rings. The number of halogens is 1. The standard InChI is InChI=1S/C18H18ClNO4S/c1-12(2)24-14-4-6-15(7-5-14)25(22,23)20-10-9-18(21)16-11-13(19)3-8-17(16)20/h3-8,11-12H,9-10H2,1-2H3. The number of Topliss-reactive ketones (excluding diaryl/α,β-unsaturated/α-hetero) is 1. The van der Waals surface area contributed by atoms with Gasteiger partial charge < -0.3 is 4.74 Å². The van der Waals surface area contributed by atoms with E-state index in [2.05, 4.69) is 0 Å². The summed E-state index contributed by atoms with van der Waals surface area (Å²) >= 11 is 5.95. The average molecular weight is 380 g/mol. The SMILES string of the molecule is CC(C)Oc1ccc(S(=O)(=O)N2CCC(=O)c3cc(Cl)ccc32)cc1. The van der Waals surface area contributed by atoms with Crippen LogP contribution in [-0.2, 0) is 10.0 Å². The quantitative estimate of drug-likeness (QED) is 0.807. The third-order valence-electron chi connectivity index (χ3n) is 3.85. The van der Waals surface area contributed by atoms with E-state index in [1.54, 1.807) is 24.3 Å². The molecule has 3 rings (SSSR count). The molecule has 1 aliphatic heterocycles. The molecule has 1 heterocycles. The zero-order valence-electron chi connectivity index (χ0n) is 13.9. The monoisotopic (exact) mass is 379 g/mol. The summed E-state index contributed by atoms with van der Waals surface area (Å²) < 4.78 is 32.8. The van der Waals surface area contributed by atoms with Crippen LogP contribution in [-0.4, -0.2) is 26.8 Å². The molecular formula is C18H18ClNO4S. The number of anilines is 1. The van der Waals surface area contributed by atoms with Crippen LogP contribution >= 0.6 is 11.6 Å². The van der Waals surface area contributed by atoms with Crippen molar-refractivity contribution in [2.24, 2.45) is 0 Å². The number of sulfonamides is 1. The number of ether oxygens (including phenoxy) is 1. The van der Waals surface area contributed by atoms with Crippen LogP contribution in [0.25, 0.3) is 0 Å². The molecule has 0 radical (unpaired) electrons. The van der Waals surface area contributed by atoms with E-state index in [-0.39, 0.29) is 29.7 Å². The third-order valence-corrected chi connectivity index (χ3v) is 5.92. The van der Waals surface area contributed by atoms with Crippen molar-refractivity contribution in [3.05, 3.63) is 53.1 Å². The van der Waals surface area contributed by atoms with Crippen molar-refractivity contribution < 1.29 is 17.9 Å². The number of nitrogens with zero attached hydrogens (tertiary/aromatic N) is 1. The first-order valence-corrected chi connectivity index (χ1v) is 9.73. The first kappa shape index (κ1) is 17.8. The Morgan fingerprint density at radius 1 is 1.12 bits per heavy atom. The molecule has 2 aromatic carbocycles. The number of benzene rings is 2. The maximum absolute atomic E-state index is 13.0. The number of ketones is 1. The highest BCUT2D eigenvalue weighted by molar-refractivity contribution is 7.92. The molecule has 0 fully saturated rings. The lowest BCUT2D eigenvalue weighted by molar-refractivity contribution is 0.0982. The lowest BCUT2D eigenvalue weighted by Gasteiger charge is -2.29. The highest BCUT2D eigenvalue weighted by Gasteiger charge is 2.32. The van der Waals surface area contributed by atoms with E-state index in [4.69, 9.17) is 16.3 Å². The summed E-state index contributed by atoms with van der Waals surface area (Å²) in [7, 11) is -3.77. The van der Waals surface area contributed by atoms with Gasteiger partial charge in [0.05, 0.1) is 16.7 Å². The third kappa shape index (κ3) is 3.50. The van der Waals surface area contributed by atoms with Crippen molar-refractivity contribution in [3.8, 4) is 5.75 Å². The molecule has 0 atom stereocenters. The Labute approximate surface area is 152 Å². The molecule has 132 valence electrons. The summed E-state index contributed by atoms with van der Waals surface area (Å²) in [5.74, 6) is 0.500. The van der Waals surface area contributed by atoms with Crippen LogP contribution < -0.4 is 9.04 Å². The van der Waals surface area contributed by atoms with Gasteiger partial charge in [0, 0.05) is 23.6 Å². The Kier molecular flexibility index (Phi) is 4.75. The second-order valence-corrected chi connectivity index (χ2v) is 8.35. The van der Waals surface area contributed by atoms with Gasteiger partial charge in [-0.2, -0.15) is 0 Å². The summed E-state index contributed by atoms with van der Waals surface area (Å²) in [4.78, 5) is 12.2. The predicted molar refractivity (Wildman–Crippen MR) is 97.1 cm³/mol. The predicted octanol–water partition coefficient (Wildman–Crippen LogP) is 3.91. The second kappa shape index (κ2) is 6.69. The van der Waals surface area contributed by atoms with E-state index < -0.39 is 10.0 Å². The molecule has 0 bridgehead atoms. The molecule has 0 amide bonds. The first-order valence-electron chi connectivity index (χ1n) is 7.91. The number of carbonyl (C=O) groups excluding carboxylic acids is 1. The largest absolute Gasteiger partial charge is 0.491 e. The van der Waals surface area contributed by atoms with Crippen LogP contribution in [0.2, 0.25) is 5.02 Å². The van der Waals surface area contributed by atoms with Crippen molar-refractivity contribution in [2.75, 3.05) is 10.8 Å². The molecular weight excluding hydrogens is 362 g/mol. The lowest BCUT2D eigenvalue weighted by Crippen LogP contribution is -2.37. The molecule has 0 aromatic heterocycles. The number of hydrogen-bond acceptors (Lipinski definition) is 4. The van der Waals surface area contributed by atoms with Crippen molar-refractivity contribution in [3.63, 3.8) is 0 Å². The van der Waals surface area contributed by atoms with Crippen molar-refractivity contribution in [1.29, 1.82) is 0 Å². The van der Waals surface area contributed by atoms with Crippen molar-refractivity contribution >= 4 is 33.1 Å². The summed E-state index contributed by atoms with van der Waals surface area (Å²) in [6.07, 6.45) is 0.133. The molecule has 0 N–H and O–H groups in total. The maximum atomic E-state index is 13.0. The van der Waals surface area contributed by atoms with Crippen LogP contribution in [0.1, 0.15) is 30.6 Å². The Balaban J connectivity index is 1.98. The highest BCUT2D eigenvalue weighted by atomic mass is 35.5. The number of fused-ring (bicyclic) bond motifs is 1. The van der Waals surface area contributed by atoms with Gasteiger partial charge in [0.1, 0.15) is 5.75 Å². The van der Waals surface area contributed by atoms with Gasteiger partial charge in [0.2, 0.25) is 0 Å². The van der Waals surface area contributed by atoms with Gasteiger partial charge >= 0.3 is 0 Å². The minimum Gasteiger partial charge on any atom is -0.491 e. The fourth-order valence-electron chi connectivity index (χ4n) is 2.75. The summed E-state index contributed by atoms with van der Waals surface area (Å²) in [6.45, 7) is 3.91. The average Bonchev–Trinajstić information content (AvgIpc) is 2.55. The fourth-order valence-corrected chi connectivity index (χ4v) is 4.40. The molecule has 25 heavy (non-hydrogen) atoms. The Bertz CT molecular complexity index is 907. The molecule has 0 saturated heterocycles. The van der Waals surface area contributed by atoms with E-state index in [1.165, 1.54) is 22.5 Å². The van der Waals surface area contributed by atoms with Gasteiger partial charge in [0.15, 0.2) is 5.78 Å². The molecule has 0 aliphatic carbocycles. The van der Waals surface area contributed by atoms with Crippen molar-refractivity contribution in [1.82, 2.24) is 0 Å². The zero-order chi connectivity index (χ0) is 18.2. The molecule has 0 unspecified atom stereocenters. The summed E-state index contributed by atoms with van der Waals surface area (Å²) in [5.41, 5.74) is 0.699. The van der Waals surface area contributed by atoms with Gasteiger partial charge in [-0.05, 0) is 56.3 Å². The van der Waals surface area contributed by atoms with Crippen LogP contribution in [0.4, 0.5) is 5.69 Å². The zero-order valence-corrected chi connectivity index (χ0v) is 15.5. The minimum atomic E-state index is -3.77. The van der Waals surface area contributed by atoms with Crippen molar-refractivity contribution in [2.45, 2.75) is 31.3 Å². The van der Waals surface area contributed by atoms with E-state index >= 15 is 0 Å². The van der Waals surface area contributed by atoms with E-state index in [9.17, 15) is 13.2 Å². The second-order valence-electron chi connectivity index (χ2n) is 6.05. The van der Waals surface area contributed by atoms with Gasteiger partial charge in [-0.3, -0.25) is 9.10 Å². The van der Waals surface area contributed by atoms with E-state index in [0.29, 0.717) is 22.0 Å². The summed E-state index contributed by atoms with van der Waals surface area (Å²) in [6, 6.07) is 11.0. The Hall–Kier alpha value is -2.05. The molecule has 1 aliphatic rings. The van der Waals surface area contributed by atoms with Gasteiger partial charge in [0.25, 0.3) is 10.0 Å². The van der Waals surface area contributed by atoms with E-state index in [0.717, 1.165) is 0 Å². The van der Waals surface area contributed by atoms with Gasteiger partial charge in [-0.25, -0.2) is 8.42 Å². The highest BCUT2D eigenvalue weighted by Crippen LogP contribution is 2.34. The minimum absolute atomic E-state index is 0.00666. The lowest BCUT2D eigenvalue weighted by atomic mass is 10.0. The first-order chi connectivity index (χ1) is 11.8. The fraction of sp³-hybridized carbons (Fsp3) is 0.278. The molecule has 0 spiro atoms. The van der Waals surface area contributed by atoms with Crippen LogP contribution in [0.15, 0.2) is 47.4 Å². The Morgan fingerprint density at radius 2 is 1.80 bits per heavy atom. The van der Waals surface area contributed by atoms with Crippen LogP contribution in [0.3, 0.4) is 0 Å².